The summed E-state index contributed by atoms with van der Waals surface area (Å²) in [6, 6.07) is 7.18. The number of alkyl halides is 1. The lowest BCUT2D eigenvalue weighted by molar-refractivity contribution is 0.0868. The van der Waals surface area contributed by atoms with Crippen LogP contribution in [0.25, 0.3) is 0 Å². The van der Waals surface area contributed by atoms with E-state index in [4.69, 9.17) is 11.6 Å². The molecule has 0 saturated heterocycles. The van der Waals surface area contributed by atoms with Gasteiger partial charge in [0.2, 0.25) is 0 Å². The highest BCUT2D eigenvalue weighted by Crippen LogP contribution is 2.20. The topological polar surface area (TPSA) is 49.3 Å². The van der Waals surface area contributed by atoms with E-state index in [1.54, 1.807) is 18.2 Å². The highest BCUT2D eigenvalue weighted by Gasteiger charge is 2.17. The number of carbonyl (C=O) groups excluding carboxylic acids is 1. The fourth-order valence-electron chi connectivity index (χ4n) is 1.89. The number of benzene rings is 1. The van der Waals surface area contributed by atoms with Crippen molar-refractivity contribution in [1.29, 1.82) is 0 Å². The third-order valence-electron chi connectivity index (χ3n) is 2.69. The molecular formula is C15H22ClNO2. The van der Waals surface area contributed by atoms with Crippen LogP contribution in [0.1, 0.15) is 43.1 Å². The van der Waals surface area contributed by atoms with Crippen LogP contribution in [-0.4, -0.2) is 23.7 Å². The molecule has 1 atom stereocenters. The van der Waals surface area contributed by atoms with E-state index < -0.39 is 6.10 Å². The lowest BCUT2D eigenvalue weighted by atomic mass is 9.89. The second-order valence-electron chi connectivity index (χ2n) is 5.96. The highest BCUT2D eigenvalue weighted by atomic mass is 35.5. The van der Waals surface area contributed by atoms with E-state index in [-0.39, 0.29) is 17.9 Å². The lowest BCUT2D eigenvalue weighted by Crippen LogP contribution is -2.34. The van der Waals surface area contributed by atoms with E-state index in [0.29, 0.717) is 17.9 Å². The van der Waals surface area contributed by atoms with Crippen molar-refractivity contribution in [2.45, 2.75) is 39.2 Å². The number of amides is 1. The van der Waals surface area contributed by atoms with E-state index >= 15 is 0 Å². The molecule has 1 rings (SSSR count). The highest BCUT2D eigenvalue weighted by molar-refractivity contribution is 6.17. The van der Waals surface area contributed by atoms with Gasteiger partial charge in [-0.2, -0.15) is 0 Å². The summed E-state index contributed by atoms with van der Waals surface area (Å²) >= 11 is 5.73. The fraction of sp³-hybridized carbons (Fsp3) is 0.533. The predicted octanol–water partition coefficient (Wildman–Crippen LogP) is 2.95. The van der Waals surface area contributed by atoms with Crippen LogP contribution in [0, 0.1) is 5.41 Å². The predicted molar refractivity (Wildman–Crippen MR) is 78.4 cm³/mol. The van der Waals surface area contributed by atoms with Crippen molar-refractivity contribution in [3.8, 4) is 0 Å². The third kappa shape index (κ3) is 6.08. The van der Waals surface area contributed by atoms with Gasteiger partial charge < -0.3 is 10.4 Å². The van der Waals surface area contributed by atoms with Gasteiger partial charge in [0.25, 0.3) is 5.91 Å². The van der Waals surface area contributed by atoms with Crippen molar-refractivity contribution < 1.29 is 9.90 Å². The number of aliphatic hydroxyl groups excluding tert-OH is 1. The summed E-state index contributed by atoms with van der Waals surface area (Å²) in [5, 5.41) is 12.6. The average molecular weight is 284 g/mol. The number of rotatable bonds is 5. The maximum Gasteiger partial charge on any atom is 0.251 e. The van der Waals surface area contributed by atoms with Gasteiger partial charge in [-0.05, 0) is 29.5 Å². The number of nitrogens with one attached hydrogen (secondary N) is 1. The standard InChI is InChI=1S/C15H22ClNO2/c1-15(2,3)8-13(18)10-17-14(19)12-6-4-5-11(7-12)9-16/h4-7,13,18H,8-10H2,1-3H3,(H,17,19). The maximum absolute atomic E-state index is 11.9. The Labute approximate surface area is 120 Å². The first-order chi connectivity index (χ1) is 8.81. The quantitative estimate of drug-likeness (QED) is 0.816. The Balaban J connectivity index is 2.51. The van der Waals surface area contributed by atoms with Crippen LogP contribution in [0.15, 0.2) is 24.3 Å². The van der Waals surface area contributed by atoms with E-state index in [1.165, 1.54) is 0 Å². The minimum atomic E-state index is -0.528. The molecule has 0 aliphatic heterocycles. The molecular weight excluding hydrogens is 262 g/mol. The first kappa shape index (κ1) is 16.0. The van der Waals surface area contributed by atoms with Crippen LogP contribution in [0.5, 0.6) is 0 Å². The summed E-state index contributed by atoms with van der Waals surface area (Å²) in [4.78, 5) is 11.9. The van der Waals surface area contributed by atoms with Crippen molar-refractivity contribution >= 4 is 17.5 Å². The first-order valence-electron chi connectivity index (χ1n) is 6.43. The molecule has 19 heavy (non-hydrogen) atoms. The van der Waals surface area contributed by atoms with Gasteiger partial charge in [-0.25, -0.2) is 0 Å². The van der Waals surface area contributed by atoms with E-state index in [9.17, 15) is 9.90 Å². The van der Waals surface area contributed by atoms with Crippen LogP contribution in [-0.2, 0) is 5.88 Å². The molecule has 0 aromatic heterocycles. The van der Waals surface area contributed by atoms with Crippen molar-refractivity contribution in [3.63, 3.8) is 0 Å². The van der Waals surface area contributed by atoms with E-state index in [2.05, 4.69) is 26.1 Å². The molecule has 0 radical (unpaired) electrons. The molecule has 106 valence electrons. The minimum Gasteiger partial charge on any atom is -0.391 e. The zero-order valence-corrected chi connectivity index (χ0v) is 12.5. The number of aliphatic hydroxyl groups is 1. The van der Waals surface area contributed by atoms with Crippen molar-refractivity contribution in [2.75, 3.05) is 6.54 Å². The summed E-state index contributed by atoms with van der Waals surface area (Å²) in [7, 11) is 0. The van der Waals surface area contributed by atoms with Crippen LogP contribution < -0.4 is 5.32 Å². The van der Waals surface area contributed by atoms with E-state index in [1.807, 2.05) is 6.07 Å². The molecule has 3 nitrogen and oxygen atoms in total. The zero-order valence-electron chi connectivity index (χ0n) is 11.7. The van der Waals surface area contributed by atoms with Crippen molar-refractivity contribution in [3.05, 3.63) is 35.4 Å². The Kier molecular flexibility index (Phi) is 5.83. The summed E-state index contributed by atoms with van der Waals surface area (Å²) < 4.78 is 0. The molecule has 0 bridgehead atoms. The molecule has 2 N–H and O–H groups in total. The van der Waals surface area contributed by atoms with Crippen LogP contribution in [0.2, 0.25) is 0 Å². The van der Waals surface area contributed by atoms with Gasteiger partial charge in [0.1, 0.15) is 0 Å². The monoisotopic (exact) mass is 283 g/mol. The Morgan fingerprint density at radius 3 is 2.68 bits per heavy atom. The SMILES string of the molecule is CC(C)(C)CC(O)CNC(=O)c1cccc(CCl)c1. The summed E-state index contributed by atoms with van der Waals surface area (Å²) in [6.45, 7) is 6.44. The molecule has 1 aromatic carbocycles. The Morgan fingerprint density at radius 2 is 2.11 bits per heavy atom. The maximum atomic E-state index is 11.9. The van der Waals surface area contributed by atoms with Gasteiger partial charge in [0.05, 0.1) is 6.10 Å². The van der Waals surface area contributed by atoms with Gasteiger partial charge in [-0.1, -0.05) is 32.9 Å². The zero-order chi connectivity index (χ0) is 14.5. The summed E-state index contributed by atoms with van der Waals surface area (Å²) in [6.07, 6.45) is 0.120. The molecule has 0 fully saturated rings. The Morgan fingerprint density at radius 1 is 1.42 bits per heavy atom. The van der Waals surface area contributed by atoms with Gasteiger partial charge in [-0.15, -0.1) is 11.6 Å². The van der Waals surface area contributed by atoms with Crippen LogP contribution >= 0.6 is 11.6 Å². The first-order valence-corrected chi connectivity index (χ1v) is 6.96. The summed E-state index contributed by atoms with van der Waals surface area (Å²) in [5.74, 6) is 0.202. The van der Waals surface area contributed by atoms with Gasteiger partial charge >= 0.3 is 0 Å². The van der Waals surface area contributed by atoms with Gasteiger partial charge in [-0.3, -0.25) is 4.79 Å². The largest absolute Gasteiger partial charge is 0.391 e. The third-order valence-corrected chi connectivity index (χ3v) is 3.00. The van der Waals surface area contributed by atoms with Gasteiger partial charge in [0, 0.05) is 18.0 Å². The Hall–Kier alpha value is -1.06. The van der Waals surface area contributed by atoms with Gasteiger partial charge in [0.15, 0.2) is 0 Å². The molecule has 4 heteroatoms. The molecule has 0 heterocycles. The second kappa shape index (κ2) is 6.92. The fourth-order valence-corrected chi connectivity index (χ4v) is 2.05. The van der Waals surface area contributed by atoms with Crippen LogP contribution in [0.3, 0.4) is 0 Å². The smallest absolute Gasteiger partial charge is 0.251 e. The number of hydrogen-bond donors (Lipinski definition) is 2. The molecule has 1 aromatic rings. The van der Waals surface area contributed by atoms with Crippen LogP contribution in [0.4, 0.5) is 0 Å². The molecule has 1 unspecified atom stereocenters. The van der Waals surface area contributed by atoms with E-state index in [0.717, 1.165) is 5.56 Å². The second-order valence-corrected chi connectivity index (χ2v) is 6.23. The Bertz CT molecular complexity index is 426. The number of carbonyl (C=O) groups is 1. The number of hydrogen-bond acceptors (Lipinski definition) is 2. The molecule has 0 aliphatic rings. The molecule has 0 spiro atoms. The molecule has 0 saturated carbocycles. The lowest BCUT2D eigenvalue weighted by Gasteiger charge is -2.22. The average Bonchev–Trinajstić information content (AvgIpc) is 2.34. The normalized spacial score (nSPS) is 13.1. The minimum absolute atomic E-state index is 0.0443. The van der Waals surface area contributed by atoms with Crippen molar-refractivity contribution in [2.24, 2.45) is 5.41 Å². The summed E-state index contributed by atoms with van der Waals surface area (Å²) in [5.41, 5.74) is 1.52. The van der Waals surface area contributed by atoms with Crippen molar-refractivity contribution in [1.82, 2.24) is 5.32 Å². The molecule has 0 aliphatic carbocycles. The number of halogens is 1. The molecule has 1 amide bonds.